The Bertz CT molecular complexity index is 1350. The molecule has 2 heterocycles. The van der Waals surface area contributed by atoms with Gasteiger partial charge in [0.15, 0.2) is 0 Å². The molecular formula is C26H24N4O4. The Morgan fingerprint density at radius 2 is 1.53 bits per heavy atom. The highest BCUT2D eigenvalue weighted by molar-refractivity contribution is 6.39. The number of hydrogen-bond acceptors (Lipinski definition) is 4. The number of aromatic nitrogens is 1. The fourth-order valence-electron chi connectivity index (χ4n) is 3.97. The number of hydrogen-bond donors (Lipinski definition) is 2. The summed E-state index contributed by atoms with van der Waals surface area (Å²) in [7, 11) is 0. The van der Waals surface area contributed by atoms with Crippen LogP contribution in [0.3, 0.4) is 0 Å². The normalized spacial score (nSPS) is 15.0. The zero-order valence-corrected chi connectivity index (χ0v) is 19.3. The Hall–Kier alpha value is -4.46. The number of benzene rings is 2. The molecule has 2 N–H and O–H groups in total. The van der Waals surface area contributed by atoms with Gasteiger partial charge in [0.25, 0.3) is 11.8 Å². The smallest absolute Gasteiger partial charge is 0.326 e. The van der Waals surface area contributed by atoms with Crippen LogP contribution in [0.5, 0.6) is 0 Å². The molecule has 1 aromatic heterocycles. The molecule has 0 atom stereocenters. The van der Waals surface area contributed by atoms with Crippen molar-refractivity contribution in [2.75, 3.05) is 10.2 Å². The number of amides is 5. The standard InChI is InChI=1S/C26H24N4O4/c1-15-5-9-22(10-6-15)30-25(33)23(24(32)28-26(30)34)14-19-13-16(2)29(17(19)3)21-11-7-20(8-12-21)27-18(4)31/h5-14H,1-4H3,(H,27,31)(H,28,32,34)/b23-14+. The van der Waals surface area contributed by atoms with Gasteiger partial charge in [-0.1, -0.05) is 17.7 Å². The molecule has 3 aromatic rings. The maximum Gasteiger partial charge on any atom is 0.335 e. The lowest BCUT2D eigenvalue weighted by molar-refractivity contribution is -0.122. The molecule has 8 heteroatoms. The van der Waals surface area contributed by atoms with Gasteiger partial charge in [-0.3, -0.25) is 19.7 Å². The number of rotatable bonds is 4. The molecule has 1 fully saturated rings. The number of imide groups is 2. The molecule has 0 bridgehead atoms. The highest BCUT2D eigenvalue weighted by Crippen LogP contribution is 2.26. The van der Waals surface area contributed by atoms with E-state index in [2.05, 4.69) is 10.6 Å². The first-order valence-corrected chi connectivity index (χ1v) is 10.7. The summed E-state index contributed by atoms with van der Waals surface area (Å²) in [6.07, 6.45) is 1.51. The van der Waals surface area contributed by atoms with Gasteiger partial charge < -0.3 is 9.88 Å². The number of nitrogens with zero attached hydrogens (tertiary/aromatic N) is 2. The third-order valence-electron chi connectivity index (χ3n) is 5.61. The quantitative estimate of drug-likeness (QED) is 0.457. The van der Waals surface area contributed by atoms with Crippen LogP contribution in [0.1, 0.15) is 29.4 Å². The molecule has 1 aliphatic rings. The van der Waals surface area contributed by atoms with Crippen molar-refractivity contribution in [2.45, 2.75) is 27.7 Å². The van der Waals surface area contributed by atoms with Crippen LogP contribution in [0.4, 0.5) is 16.2 Å². The minimum absolute atomic E-state index is 0.124. The molecule has 8 nitrogen and oxygen atoms in total. The SMILES string of the molecule is CC(=O)Nc1ccc(-n2c(C)cc(/C=C3\C(=O)NC(=O)N(c4ccc(C)cc4)C3=O)c2C)cc1. The van der Waals surface area contributed by atoms with Crippen molar-refractivity contribution in [3.63, 3.8) is 0 Å². The molecule has 2 aromatic carbocycles. The molecule has 0 spiro atoms. The number of anilines is 2. The number of urea groups is 1. The van der Waals surface area contributed by atoms with Crippen molar-refractivity contribution in [3.8, 4) is 5.69 Å². The summed E-state index contributed by atoms with van der Waals surface area (Å²) < 4.78 is 1.98. The van der Waals surface area contributed by atoms with Gasteiger partial charge in [-0.05, 0) is 74.9 Å². The van der Waals surface area contributed by atoms with Crippen molar-refractivity contribution in [1.29, 1.82) is 0 Å². The molecule has 0 radical (unpaired) electrons. The number of nitrogens with one attached hydrogen (secondary N) is 2. The van der Waals surface area contributed by atoms with Gasteiger partial charge >= 0.3 is 6.03 Å². The molecule has 0 unspecified atom stereocenters. The van der Waals surface area contributed by atoms with E-state index in [1.165, 1.54) is 13.0 Å². The predicted octanol–water partition coefficient (Wildman–Crippen LogP) is 4.03. The first-order valence-electron chi connectivity index (χ1n) is 10.7. The third kappa shape index (κ3) is 4.25. The monoisotopic (exact) mass is 456 g/mol. The molecule has 0 saturated carbocycles. The van der Waals surface area contributed by atoms with E-state index in [1.54, 1.807) is 36.4 Å². The summed E-state index contributed by atoms with van der Waals surface area (Å²) >= 11 is 0. The van der Waals surface area contributed by atoms with Crippen LogP contribution >= 0.6 is 0 Å². The second-order valence-electron chi connectivity index (χ2n) is 8.18. The Labute approximate surface area is 196 Å². The third-order valence-corrected chi connectivity index (χ3v) is 5.61. The van der Waals surface area contributed by atoms with Gasteiger partial charge in [-0.25, -0.2) is 9.69 Å². The summed E-state index contributed by atoms with van der Waals surface area (Å²) in [5, 5.41) is 4.99. The van der Waals surface area contributed by atoms with Crippen molar-refractivity contribution in [2.24, 2.45) is 0 Å². The van der Waals surface area contributed by atoms with Crippen LogP contribution in [-0.2, 0) is 14.4 Å². The van der Waals surface area contributed by atoms with E-state index in [4.69, 9.17) is 0 Å². The van der Waals surface area contributed by atoms with Gasteiger partial charge in [0, 0.05) is 29.7 Å². The topological polar surface area (TPSA) is 101 Å². The van der Waals surface area contributed by atoms with Crippen LogP contribution in [0.15, 0.2) is 60.2 Å². The number of carbonyl (C=O) groups is 4. The van der Waals surface area contributed by atoms with Gasteiger partial charge in [-0.2, -0.15) is 0 Å². The molecule has 1 saturated heterocycles. The highest BCUT2D eigenvalue weighted by Gasteiger charge is 2.37. The summed E-state index contributed by atoms with van der Waals surface area (Å²) in [5.74, 6) is -1.56. The lowest BCUT2D eigenvalue weighted by Crippen LogP contribution is -2.54. The van der Waals surface area contributed by atoms with Crippen LogP contribution in [-0.4, -0.2) is 28.3 Å². The molecule has 1 aliphatic heterocycles. The van der Waals surface area contributed by atoms with Gasteiger partial charge in [0.05, 0.1) is 5.69 Å². The summed E-state index contributed by atoms with van der Waals surface area (Å²) in [4.78, 5) is 50.4. The fourth-order valence-corrected chi connectivity index (χ4v) is 3.97. The average Bonchev–Trinajstić information content (AvgIpc) is 3.05. The Kier molecular flexibility index (Phi) is 5.89. The average molecular weight is 457 g/mol. The van der Waals surface area contributed by atoms with E-state index in [1.807, 2.05) is 43.5 Å². The lowest BCUT2D eigenvalue weighted by atomic mass is 10.1. The highest BCUT2D eigenvalue weighted by atomic mass is 16.2. The molecule has 172 valence electrons. The largest absolute Gasteiger partial charge is 0.335 e. The Balaban J connectivity index is 1.70. The zero-order valence-electron chi connectivity index (χ0n) is 19.3. The van der Waals surface area contributed by atoms with E-state index in [-0.39, 0.29) is 11.5 Å². The predicted molar refractivity (Wildman–Crippen MR) is 130 cm³/mol. The molecule has 34 heavy (non-hydrogen) atoms. The summed E-state index contributed by atoms with van der Waals surface area (Å²) in [6.45, 7) is 7.15. The van der Waals surface area contributed by atoms with Crippen LogP contribution in [0.25, 0.3) is 11.8 Å². The maximum atomic E-state index is 13.2. The van der Waals surface area contributed by atoms with E-state index in [9.17, 15) is 19.2 Å². The van der Waals surface area contributed by atoms with Gasteiger partial charge in [-0.15, -0.1) is 0 Å². The van der Waals surface area contributed by atoms with Crippen LogP contribution in [0.2, 0.25) is 0 Å². The number of aryl methyl sites for hydroxylation is 2. The second-order valence-corrected chi connectivity index (χ2v) is 8.18. The minimum atomic E-state index is -0.777. The Morgan fingerprint density at radius 3 is 2.15 bits per heavy atom. The summed E-state index contributed by atoms with van der Waals surface area (Å²) in [5.41, 5.74) is 5.19. The maximum absolute atomic E-state index is 13.2. The van der Waals surface area contributed by atoms with Crippen LogP contribution in [0, 0.1) is 20.8 Å². The first-order chi connectivity index (χ1) is 16.2. The first kappa shape index (κ1) is 22.7. The van der Waals surface area contributed by atoms with Crippen molar-refractivity contribution >= 4 is 41.2 Å². The van der Waals surface area contributed by atoms with Crippen molar-refractivity contribution in [1.82, 2.24) is 9.88 Å². The molecular weight excluding hydrogens is 432 g/mol. The van der Waals surface area contributed by atoms with Crippen molar-refractivity contribution in [3.05, 3.63) is 82.7 Å². The van der Waals surface area contributed by atoms with Crippen molar-refractivity contribution < 1.29 is 19.2 Å². The second kappa shape index (κ2) is 8.82. The van der Waals surface area contributed by atoms with Gasteiger partial charge in [0.2, 0.25) is 5.91 Å². The van der Waals surface area contributed by atoms with E-state index >= 15 is 0 Å². The van der Waals surface area contributed by atoms with E-state index in [0.717, 1.165) is 27.5 Å². The molecule has 5 amide bonds. The minimum Gasteiger partial charge on any atom is -0.326 e. The Morgan fingerprint density at radius 1 is 0.912 bits per heavy atom. The zero-order chi connectivity index (χ0) is 24.6. The fraction of sp³-hybridized carbons (Fsp3) is 0.154. The number of carbonyl (C=O) groups excluding carboxylic acids is 4. The molecule has 4 rings (SSSR count). The summed E-state index contributed by atoms with van der Waals surface area (Å²) in [6, 6.07) is 15.4. The molecule has 0 aliphatic carbocycles. The van der Waals surface area contributed by atoms with E-state index < -0.39 is 17.8 Å². The van der Waals surface area contributed by atoms with E-state index in [0.29, 0.717) is 16.9 Å². The van der Waals surface area contributed by atoms with Crippen LogP contribution < -0.4 is 15.5 Å². The number of barbiturate groups is 1. The van der Waals surface area contributed by atoms with Gasteiger partial charge in [0.1, 0.15) is 5.57 Å². The lowest BCUT2D eigenvalue weighted by Gasteiger charge is -2.26.